The minimum atomic E-state index is -0.338. The Balaban J connectivity index is 1.67. The Bertz CT molecular complexity index is 862. The molecule has 1 spiro atoms. The maximum absolute atomic E-state index is 13.4. The summed E-state index contributed by atoms with van der Waals surface area (Å²) < 4.78 is 1.86. The van der Waals surface area contributed by atoms with E-state index in [1.807, 2.05) is 28.5 Å². The Morgan fingerprint density at radius 3 is 2.63 bits per heavy atom. The molecule has 3 aliphatic heterocycles. The molecule has 0 unspecified atom stereocenters. The Kier molecular flexibility index (Phi) is 4.33. The van der Waals surface area contributed by atoms with Crippen molar-refractivity contribution in [1.29, 1.82) is 0 Å². The molecule has 0 saturated carbocycles. The van der Waals surface area contributed by atoms with Crippen LogP contribution in [0.25, 0.3) is 0 Å². The van der Waals surface area contributed by atoms with Crippen molar-refractivity contribution >= 4 is 11.8 Å². The number of fused-ring (bicyclic) bond motifs is 3. The summed E-state index contributed by atoms with van der Waals surface area (Å²) in [6.45, 7) is 4.13. The van der Waals surface area contributed by atoms with E-state index < -0.39 is 0 Å². The second kappa shape index (κ2) is 6.44. The van der Waals surface area contributed by atoms with E-state index in [-0.39, 0.29) is 22.9 Å². The zero-order valence-electron chi connectivity index (χ0n) is 16.3. The third-order valence-corrected chi connectivity index (χ3v) is 6.17. The van der Waals surface area contributed by atoms with Gasteiger partial charge >= 0.3 is 0 Å². The molecule has 0 bridgehead atoms. The van der Waals surface area contributed by atoms with Crippen molar-refractivity contribution in [1.82, 2.24) is 24.3 Å². The van der Waals surface area contributed by atoms with Crippen LogP contribution in [0.2, 0.25) is 0 Å². The molecular formula is C19H27N5O3. The van der Waals surface area contributed by atoms with Gasteiger partial charge in [0.05, 0.1) is 29.9 Å². The van der Waals surface area contributed by atoms with Gasteiger partial charge < -0.3 is 14.7 Å². The molecule has 0 N–H and O–H groups in total. The Hall–Kier alpha value is -2.22. The van der Waals surface area contributed by atoms with E-state index in [1.54, 1.807) is 4.90 Å². The third kappa shape index (κ3) is 2.96. The molecule has 1 saturated heterocycles. The number of amides is 2. The molecule has 1 atom stereocenters. The van der Waals surface area contributed by atoms with E-state index in [2.05, 4.69) is 0 Å². The number of rotatable bonds is 2. The lowest BCUT2D eigenvalue weighted by Crippen LogP contribution is -2.46. The van der Waals surface area contributed by atoms with Crippen LogP contribution in [0.15, 0.2) is 4.79 Å². The van der Waals surface area contributed by atoms with Crippen molar-refractivity contribution in [3.05, 3.63) is 27.4 Å². The molecular weight excluding hydrogens is 346 g/mol. The molecule has 0 aliphatic carbocycles. The standard InChI is InChI=1S/C19H27N5O3/c1-13(25)22-8-5-15-14(10-22)18(27)24-16(20-15)4-6-19(24)7-9-23(12-19)17(26)11-21(2)3/h4-12H2,1-3H3/t19-/m1/s1. The molecule has 27 heavy (non-hydrogen) atoms. The van der Waals surface area contributed by atoms with Gasteiger partial charge in [0, 0.05) is 39.4 Å². The molecule has 8 heteroatoms. The van der Waals surface area contributed by atoms with Crippen molar-refractivity contribution in [2.45, 2.75) is 44.7 Å². The van der Waals surface area contributed by atoms with Crippen molar-refractivity contribution in [3.8, 4) is 0 Å². The van der Waals surface area contributed by atoms with E-state index in [0.29, 0.717) is 44.7 Å². The quantitative estimate of drug-likeness (QED) is 0.704. The Morgan fingerprint density at radius 1 is 1.15 bits per heavy atom. The molecule has 1 fully saturated rings. The molecule has 146 valence electrons. The number of aryl methyl sites for hydroxylation is 1. The van der Waals surface area contributed by atoms with Crippen LogP contribution in [0.5, 0.6) is 0 Å². The minimum Gasteiger partial charge on any atom is -0.339 e. The average Bonchev–Trinajstić information content (AvgIpc) is 3.19. The SMILES string of the molecule is CC(=O)N1CCc2nc3n(c(=O)c2C1)[C@]1(CC3)CCN(C(=O)CN(C)C)C1. The lowest BCUT2D eigenvalue weighted by molar-refractivity contribution is -0.131. The molecule has 1 aromatic heterocycles. The second-order valence-corrected chi connectivity index (χ2v) is 8.31. The molecule has 1 aromatic rings. The zero-order valence-corrected chi connectivity index (χ0v) is 16.3. The molecule has 0 aromatic carbocycles. The van der Waals surface area contributed by atoms with Crippen LogP contribution in [-0.2, 0) is 34.5 Å². The van der Waals surface area contributed by atoms with E-state index in [1.165, 1.54) is 6.92 Å². The Morgan fingerprint density at radius 2 is 1.93 bits per heavy atom. The molecule has 4 rings (SSSR count). The fourth-order valence-corrected chi connectivity index (χ4v) is 4.73. The smallest absolute Gasteiger partial charge is 0.259 e. The average molecular weight is 373 g/mol. The van der Waals surface area contributed by atoms with Crippen LogP contribution < -0.4 is 5.56 Å². The third-order valence-electron chi connectivity index (χ3n) is 6.17. The largest absolute Gasteiger partial charge is 0.339 e. The summed E-state index contributed by atoms with van der Waals surface area (Å²) in [7, 11) is 3.77. The highest BCUT2D eigenvalue weighted by Crippen LogP contribution is 2.38. The normalized spacial score (nSPS) is 23.9. The second-order valence-electron chi connectivity index (χ2n) is 8.31. The summed E-state index contributed by atoms with van der Waals surface area (Å²) in [4.78, 5) is 47.9. The van der Waals surface area contributed by atoms with Gasteiger partial charge in [-0.2, -0.15) is 0 Å². The number of likely N-dealkylation sites (N-methyl/N-ethyl adjacent to an activating group) is 1. The molecule has 2 amide bonds. The van der Waals surface area contributed by atoms with Crippen molar-refractivity contribution < 1.29 is 9.59 Å². The lowest BCUT2D eigenvalue weighted by atomic mass is 9.95. The van der Waals surface area contributed by atoms with E-state index in [0.717, 1.165) is 30.8 Å². The number of carbonyl (C=O) groups is 2. The van der Waals surface area contributed by atoms with E-state index in [4.69, 9.17) is 4.98 Å². The number of nitrogens with zero attached hydrogens (tertiary/aromatic N) is 5. The fourth-order valence-electron chi connectivity index (χ4n) is 4.73. The van der Waals surface area contributed by atoms with Gasteiger partial charge in [-0.05, 0) is 26.9 Å². The van der Waals surface area contributed by atoms with Crippen LogP contribution in [-0.4, -0.2) is 76.3 Å². The van der Waals surface area contributed by atoms with Gasteiger partial charge in [0.1, 0.15) is 5.82 Å². The topological polar surface area (TPSA) is 78.8 Å². The first-order chi connectivity index (χ1) is 12.8. The Labute approximate surface area is 158 Å². The van der Waals surface area contributed by atoms with Gasteiger partial charge in [-0.1, -0.05) is 0 Å². The molecule has 8 nitrogen and oxygen atoms in total. The molecule has 0 radical (unpaired) electrons. The maximum atomic E-state index is 13.4. The van der Waals surface area contributed by atoms with Crippen molar-refractivity contribution in [3.63, 3.8) is 0 Å². The maximum Gasteiger partial charge on any atom is 0.259 e. The molecule has 3 aliphatic rings. The summed E-state index contributed by atoms with van der Waals surface area (Å²) in [5, 5.41) is 0. The summed E-state index contributed by atoms with van der Waals surface area (Å²) in [5.74, 6) is 0.936. The predicted octanol–water partition coefficient (Wildman–Crippen LogP) is -0.417. The van der Waals surface area contributed by atoms with Crippen molar-refractivity contribution in [2.75, 3.05) is 40.3 Å². The van der Waals surface area contributed by atoms with Crippen LogP contribution in [0.3, 0.4) is 0 Å². The van der Waals surface area contributed by atoms with Gasteiger partial charge in [0.25, 0.3) is 5.56 Å². The predicted molar refractivity (Wildman–Crippen MR) is 99.3 cm³/mol. The summed E-state index contributed by atoms with van der Waals surface area (Å²) >= 11 is 0. The lowest BCUT2D eigenvalue weighted by Gasteiger charge is -2.31. The first kappa shape index (κ1) is 18.2. The number of aromatic nitrogens is 2. The molecule has 4 heterocycles. The highest BCUT2D eigenvalue weighted by molar-refractivity contribution is 5.78. The van der Waals surface area contributed by atoms with Crippen molar-refractivity contribution in [2.24, 2.45) is 0 Å². The first-order valence-corrected chi connectivity index (χ1v) is 9.63. The highest BCUT2D eigenvalue weighted by atomic mass is 16.2. The number of likely N-dealkylation sites (tertiary alicyclic amines) is 1. The summed E-state index contributed by atoms with van der Waals surface area (Å²) in [6, 6.07) is 0. The summed E-state index contributed by atoms with van der Waals surface area (Å²) in [5.41, 5.74) is 1.15. The van der Waals surface area contributed by atoms with E-state index >= 15 is 0 Å². The van der Waals surface area contributed by atoms with Gasteiger partial charge in [-0.3, -0.25) is 19.0 Å². The van der Waals surface area contributed by atoms with Crippen LogP contribution in [0.4, 0.5) is 0 Å². The first-order valence-electron chi connectivity index (χ1n) is 9.63. The summed E-state index contributed by atoms with van der Waals surface area (Å²) in [6.07, 6.45) is 3.04. The number of carbonyl (C=O) groups excluding carboxylic acids is 2. The van der Waals surface area contributed by atoms with Gasteiger partial charge in [0.15, 0.2) is 0 Å². The van der Waals surface area contributed by atoms with Gasteiger partial charge in [-0.25, -0.2) is 4.98 Å². The van der Waals surface area contributed by atoms with Crippen LogP contribution in [0.1, 0.15) is 36.8 Å². The van der Waals surface area contributed by atoms with E-state index in [9.17, 15) is 14.4 Å². The monoisotopic (exact) mass is 373 g/mol. The fraction of sp³-hybridized carbons (Fsp3) is 0.684. The van der Waals surface area contributed by atoms with Gasteiger partial charge in [-0.15, -0.1) is 0 Å². The zero-order chi connectivity index (χ0) is 19.3. The minimum absolute atomic E-state index is 0.0124. The number of hydrogen-bond donors (Lipinski definition) is 0. The number of hydrogen-bond acceptors (Lipinski definition) is 5. The van der Waals surface area contributed by atoms with Crippen LogP contribution >= 0.6 is 0 Å². The highest BCUT2D eigenvalue weighted by Gasteiger charge is 2.47. The van der Waals surface area contributed by atoms with Gasteiger partial charge in [0.2, 0.25) is 11.8 Å². The van der Waals surface area contributed by atoms with Crippen LogP contribution in [0, 0.1) is 0 Å².